The zero-order valence-electron chi connectivity index (χ0n) is 12.8. The predicted molar refractivity (Wildman–Crippen MR) is 89.7 cm³/mol. The molecule has 2 N–H and O–H groups in total. The maximum absolute atomic E-state index is 12.2. The van der Waals surface area contributed by atoms with Crippen LogP contribution in [0.25, 0.3) is 10.8 Å². The number of nitrogens with zero attached hydrogens (tertiary/aromatic N) is 1. The second kappa shape index (κ2) is 6.58. The molecule has 0 bridgehead atoms. The molecule has 1 amide bonds. The molecule has 4 heteroatoms. The summed E-state index contributed by atoms with van der Waals surface area (Å²) in [5, 5.41) is 15.2. The highest BCUT2D eigenvalue weighted by Gasteiger charge is 2.19. The molecule has 0 aliphatic heterocycles. The summed E-state index contributed by atoms with van der Waals surface area (Å²) in [6.07, 6.45) is 1.88. The minimum absolute atomic E-state index is 0.196. The van der Waals surface area contributed by atoms with Gasteiger partial charge in [0, 0.05) is 18.0 Å². The number of aliphatic hydroxyl groups is 1. The number of aliphatic hydroxyl groups excluding tert-OH is 1. The maximum Gasteiger partial charge on any atom is 0.254 e. The third-order valence-electron chi connectivity index (χ3n) is 3.88. The third kappa shape index (κ3) is 3.38. The summed E-state index contributed by atoms with van der Waals surface area (Å²) >= 11 is 0. The van der Waals surface area contributed by atoms with Crippen molar-refractivity contribution in [3.63, 3.8) is 0 Å². The lowest BCUT2D eigenvalue weighted by Crippen LogP contribution is -2.31. The first kappa shape index (κ1) is 15.2. The van der Waals surface area contributed by atoms with Gasteiger partial charge < -0.3 is 10.4 Å². The summed E-state index contributed by atoms with van der Waals surface area (Å²) in [5.41, 5.74) is 1.48. The van der Waals surface area contributed by atoms with Gasteiger partial charge in [-0.25, -0.2) is 0 Å². The molecule has 0 saturated heterocycles. The summed E-state index contributed by atoms with van der Waals surface area (Å²) in [5.74, 6) is -0.432. The number of pyridine rings is 1. The Bertz CT molecular complexity index is 818. The van der Waals surface area contributed by atoms with Crippen molar-refractivity contribution in [2.24, 2.45) is 0 Å². The fourth-order valence-electron chi connectivity index (χ4n) is 2.54. The molecule has 3 aromatic rings. The number of carbonyl (C=O) groups is 1. The lowest BCUT2D eigenvalue weighted by molar-refractivity contribution is -0.130. The van der Waals surface area contributed by atoms with Crippen molar-refractivity contribution in [3.05, 3.63) is 78.1 Å². The Kier molecular flexibility index (Phi) is 4.35. The first-order valence-corrected chi connectivity index (χ1v) is 7.52. The SMILES string of the molecule is C[C@@H](NC(=O)[C@H](O)c1cccnc1)c1ccc2ccccc2c1. The molecule has 0 radical (unpaired) electrons. The number of hydrogen-bond acceptors (Lipinski definition) is 3. The minimum Gasteiger partial charge on any atom is -0.378 e. The van der Waals surface area contributed by atoms with Crippen LogP contribution in [0.2, 0.25) is 0 Å². The average Bonchev–Trinajstić information content (AvgIpc) is 2.61. The zero-order chi connectivity index (χ0) is 16.2. The lowest BCUT2D eigenvalue weighted by atomic mass is 10.0. The molecule has 0 fully saturated rings. The summed E-state index contributed by atoms with van der Waals surface area (Å²) in [7, 11) is 0. The van der Waals surface area contributed by atoms with E-state index in [1.807, 2.05) is 37.3 Å². The molecule has 0 aliphatic carbocycles. The van der Waals surface area contributed by atoms with Crippen molar-refractivity contribution in [2.45, 2.75) is 19.1 Å². The molecule has 0 spiro atoms. The summed E-state index contributed by atoms with van der Waals surface area (Å²) < 4.78 is 0. The molecule has 23 heavy (non-hydrogen) atoms. The second-order valence-corrected chi connectivity index (χ2v) is 5.53. The smallest absolute Gasteiger partial charge is 0.254 e. The van der Waals surface area contributed by atoms with Gasteiger partial charge in [-0.3, -0.25) is 9.78 Å². The number of benzene rings is 2. The molecule has 116 valence electrons. The van der Waals surface area contributed by atoms with Crippen LogP contribution in [0.15, 0.2) is 67.0 Å². The summed E-state index contributed by atoms with van der Waals surface area (Å²) in [6.45, 7) is 1.90. The molecule has 1 aromatic heterocycles. The molecule has 0 unspecified atom stereocenters. The fraction of sp³-hybridized carbons (Fsp3) is 0.158. The van der Waals surface area contributed by atoms with Gasteiger partial charge in [0.15, 0.2) is 6.10 Å². The van der Waals surface area contributed by atoms with Gasteiger partial charge in [0.25, 0.3) is 5.91 Å². The van der Waals surface area contributed by atoms with Gasteiger partial charge in [0.2, 0.25) is 0 Å². The maximum atomic E-state index is 12.2. The Hall–Kier alpha value is -2.72. The first-order chi connectivity index (χ1) is 11.1. The van der Waals surface area contributed by atoms with Crippen LogP contribution in [0.1, 0.15) is 30.2 Å². The molecule has 1 heterocycles. The van der Waals surface area contributed by atoms with Crippen LogP contribution in [0.4, 0.5) is 0 Å². The second-order valence-electron chi connectivity index (χ2n) is 5.53. The molecular weight excluding hydrogens is 288 g/mol. The predicted octanol–water partition coefficient (Wildman–Crippen LogP) is 3.15. The van der Waals surface area contributed by atoms with Crippen LogP contribution < -0.4 is 5.32 Å². The summed E-state index contributed by atoms with van der Waals surface area (Å²) in [6, 6.07) is 17.3. The van der Waals surface area contributed by atoms with E-state index < -0.39 is 12.0 Å². The van der Waals surface area contributed by atoms with Crippen LogP contribution in [0.5, 0.6) is 0 Å². The number of nitrogens with one attached hydrogen (secondary N) is 1. The number of carbonyl (C=O) groups excluding carboxylic acids is 1. The molecule has 4 nitrogen and oxygen atoms in total. The Morgan fingerprint density at radius 1 is 1.04 bits per heavy atom. The van der Waals surface area contributed by atoms with Crippen LogP contribution in [-0.4, -0.2) is 16.0 Å². The van der Waals surface area contributed by atoms with E-state index in [2.05, 4.69) is 22.4 Å². The molecule has 3 rings (SSSR count). The first-order valence-electron chi connectivity index (χ1n) is 7.52. The Morgan fingerprint density at radius 2 is 1.83 bits per heavy atom. The number of hydrogen-bond donors (Lipinski definition) is 2. The van der Waals surface area contributed by atoms with Crippen LogP contribution in [0.3, 0.4) is 0 Å². The summed E-state index contributed by atoms with van der Waals surface area (Å²) in [4.78, 5) is 16.1. The van der Waals surface area contributed by atoms with Crippen molar-refractivity contribution in [3.8, 4) is 0 Å². The highest BCUT2D eigenvalue weighted by atomic mass is 16.3. The zero-order valence-corrected chi connectivity index (χ0v) is 12.8. The number of rotatable bonds is 4. The molecule has 2 aromatic carbocycles. The molecule has 0 saturated carbocycles. The van der Waals surface area contributed by atoms with Gasteiger partial charge >= 0.3 is 0 Å². The largest absolute Gasteiger partial charge is 0.378 e. The fourth-order valence-corrected chi connectivity index (χ4v) is 2.54. The van der Waals surface area contributed by atoms with Gasteiger partial charge in [0.05, 0.1) is 6.04 Å². The van der Waals surface area contributed by atoms with Crippen LogP contribution in [-0.2, 0) is 4.79 Å². The Morgan fingerprint density at radius 3 is 2.57 bits per heavy atom. The van der Waals surface area contributed by atoms with Gasteiger partial charge in [0.1, 0.15) is 0 Å². The van der Waals surface area contributed by atoms with Gasteiger partial charge in [-0.05, 0) is 35.4 Å². The Labute approximate surface area is 134 Å². The van der Waals surface area contributed by atoms with Crippen LogP contribution in [0, 0.1) is 0 Å². The number of aromatic nitrogens is 1. The molecule has 2 atom stereocenters. The minimum atomic E-state index is -1.22. The van der Waals surface area contributed by atoms with E-state index in [0.717, 1.165) is 16.3 Å². The van der Waals surface area contributed by atoms with E-state index in [4.69, 9.17) is 0 Å². The standard InChI is InChI=1S/C19H18N2O2/c1-13(15-9-8-14-5-2-3-6-16(14)11-15)21-19(23)18(22)17-7-4-10-20-12-17/h2-13,18,22H,1H3,(H,21,23)/t13-,18-/m1/s1. The van der Waals surface area contributed by atoms with Gasteiger partial charge in [-0.1, -0.05) is 42.5 Å². The topological polar surface area (TPSA) is 62.2 Å². The van der Waals surface area contributed by atoms with Crippen LogP contribution >= 0.6 is 0 Å². The van der Waals surface area contributed by atoms with Crippen molar-refractivity contribution < 1.29 is 9.90 Å². The highest BCUT2D eigenvalue weighted by molar-refractivity contribution is 5.84. The van der Waals surface area contributed by atoms with E-state index in [1.54, 1.807) is 18.3 Å². The number of fused-ring (bicyclic) bond motifs is 1. The third-order valence-corrected chi connectivity index (χ3v) is 3.88. The quantitative estimate of drug-likeness (QED) is 0.778. The van der Waals surface area contributed by atoms with Crippen molar-refractivity contribution >= 4 is 16.7 Å². The molecule has 0 aliphatic rings. The van der Waals surface area contributed by atoms with Crippen molar-refractivity contribution in [2.75, 3.05) is 0 Å². The van der Waals surface area contributed by atoms with E-state index in [0.29, 0.717) is 5.56 Å². The van der Waals surface area contributed by atoms with Gasteiger partial charge in [-0.2, -0.15) is 0 Å². The highest BCUT2D eigenvalue weighted by Crippen LogP contribution is 2.21. The molecular formula is C19H18N2O2. The number of amides is 1. The Balaban J connectivity index is 1.74. The van der Waals surface area contributed by atoms with E-state index >= 15 is 0 Å². The van der Waals surface area contributed by atoms with E-state index in [9.17, 15) is 9.90 Å². The average molecular weight is 306 g/mol. The van der Waals surface area contributed by atoms with E-state index in [-0.39, 0.29) is 6.04 Å². The normalized spacial score (nSPS) is 13.5. The lowest BCUT2D eigenvalue weighted by Gasteiger charge is -2.18. The monoisotopic (exact) mass is 306 g/mol. The van der Waals surface area contributed by atoms with Crippen molar-refractivity contribution in [1.29, 1.82) is 0 Å². The van der Waals surface area contributed by atoms with Gasteiger partial charge in [-0.15, -0.1) is 0 Å². The van der Waals surface area contributed by atoms with Crippen molar-refractivity contribution in [1.82, 2.24) is 10.3 Å². The van der Waals surface area contributed by atoms with E-state index in [1.165, 1.54) is 6.20 Å².